The number of aromatic nitrogens is 3. The second kappa shape index (κ2) is 9.54. The summed E-state index contributed by atoms with van der Waals surface area (Å²) < 4.78 is 13.6. The standard InChI is InChI=1S/C26H23ClN6O2S/c1-15-24(31-21-7-6-16(11-28)8-20(21)27)29-14-30-25(15)35-19-9-17-12-34-13-18(10-19)33(17)26-32-22-4-2-3-5-23(22)36-26/h2-8,14,17-19H,9-10,12-13H2,1H3,(H,29,30,31)/t17-,18+,19-. The fourth-order valence-corrected chi connectivity index (χ4v) is 6.23. The van der Waals surface area contributed by atoms with Gasteiger partial charge in [-0.05, 0) is 37.3 Å². The van der Waals surface area contributed by atoms with Crippen LogP contribution in [-0.4, -0.2) is 46.4 Å². The topological polar surface area (TPSA) is 96.2 Å². The van der Waals surface area contributed by atoms with Gasteiger partial charge in [-0.15, -0.1) is 0 Å². The van der Waals surface area contributed by atoms with Gasteiger partial charge in [0.05, 0.1) is 63.4 Å². The molecule has 0 amide bonds. The van der Waals surface area contributed by atoms with Crippen LogP contribution >= 0.6 is 22.9 Å². The second-order valence-electron chi connectivity index (χ2n) is 9.01. The first-order valence-corrected chi connectivity index (χ1v) is 12.9. The molecule has 0 unspecified atom stereocenters. The van der Waals surface area contributed by atoms with Gasteiger partial charge in [0.1, 0.15) is 18.2 Å². The quantitative estimate of drug-likeness (QED) is 0.371. The Balaban J connectivity index is 1.20. The van der Waals surface area contributed by atoms with Crippen LogP contribution in [0.3, 0.4) is 0 Å². The van der Waals surface area contributed by atoms with Crippen molar-refractivity contribution in [1.82, 2.24) is 15.0 Å². The number of ether oxygens (including phenoxy) is 2. The van der Waals surface area contributed by atoms with Gasteiger partial charge in [0.2, 0.25) is 5.88 Å². The summed E-state index contributed by atoms with van der Waals surface area (Å²) >= 11 is 8.08. The van der Waals surface area contributed by atoms with Crippen molar-refractivity contribution in [3.63, 3.8) is 0 Å². The molecule has 0 aliphatic carbocycles. The Morgan fingerprint density at radius 3 is 2.72 bits per heavy atom. The number of thiazole rings is 1. The number of nitriles is 1. The number of para-hydroxylation sites is 1. The molecule has 0 radical (unpaired) electrons. The molecule has 182 valence electrons. The third-order valence-corrected chi connectivity index (χ3v) is 8.01. The van der Waals surface area contributed by atoms with Crippen molar-refractivity contribution in [2.45, 2.75) is 38.0 Å². The van der Waals surface area contributed by atoms with E-state index < -0.39 is 0 Å². The zero-order chi connectivity index (χ0) is 24.6. The monoisotopic (exact) mass is 518 g/mol. The van der Waals surface area contributed by atoms with E-state index in [1.807, 2.05) is 13.0 Å². The van der Waals surface area contributed by atoms with Gasteiger partial charge in [0.15, 0.2) is 5.13 Å². The summed E-state index contributed by atoms with van der Waals surface area (Å²) in [6, 6.07) is 15.8. The van der Waals surface area contributed by atoms with E-state index in [-0.39, 0.29) is 18.2 Å². The van der Waals surface area contributed by atoms with Crippen LogP contribution in [0, 0.1) is 18.3 Å². The molecular formula is C26H23ClN6O2S. The maximum atomic E-state index is 9.07. The Kier molecular flexibility index (Phi) is 6.09. The third kappa shape index (κ3) is 4.32. The molecule has 4 heterocycles. The lowest BCUT2D eigenvalue weighted by molar-refractivity contribution is 0.00757. The normalized spacial score (nSPS) is 21.2. The van der Waals surface area contributed by atoms with Crippen molar-refractivity contribution in [3.05, 3.63) is 64.9 Å². The number of anilines is 3. The number of nitrogens with one attached hydrogen (secondary N) is 1. The largest absolute Gasteiger partial charge is 0.474 e. The van der Waals surface area contributed by atoms with Crippen LogP contribution in [0.25, 0.3) is 10.2 Å². The van der Waals surface area contributed by atoms with E-state index in [9.17, 15) is 0 Å². The molecule has 2 aliphatic heterocycles. The number of hydrogen-bond acceptors (Lipinski definition) is 9. The van der Waals surface area contributed by atoms with E-state index in [0.717, 1.165) is 29.1 Å². The summed E-state index contributed by atoms with van der Waals surface area (Å²) in [7, 11) is 0. The number of benzene rings is 2. The Morgan fingerprint density at radius 1 is 1.17 bits per heavy atom. The van der Waals surface area contributed by atoms with Crippen LogP contribution in [0.4, 0.5) is 16.6 Å². The molecule has 2 aromatic carbocycles. The summed E-state index contributed by atoms with van der Waals surface area (Å²) in [5.41, 5.74) is 3.00. The van der Waals surface area contributed by atoms with Gasteiger partial charge in [-0.1, -0.05) is 35.1 Å². The van der Waals surface area contributed by atoms with Gasteiger partial charge in [0, 0.05) is 12.8 Å². The van der Waals surface area contributed by atoms with E-state index in [1.54, 1.807) is 29.5 Å². The maximum Gasteiger partial charge on any atom is 0.221 e. The highest BCUT2D eigenvalue weighted by Gasteiger charge is 2.41. The third-order valence-electron chi connectivity index (χ3n) is 6.65. The van der Waals surface area contributed by atoms with Crippen molar-refractivity contribution >= 4 is 49.8 Å². The predicted molar refractivity (Wildman–Crippen MR) is 140 cm³/mol. The highest BCUT2D eigenvalue weighted by Crippen LogP contribution is 2.39. The van der Waals surface area contributed by atoms with Crippen molar-refractivity contribution in [1.29, 1.82) is 5.26 Å². The number of hydrogen-bond donors (Lipinski definition) is 1. The molecule has 2 aliphatic rings. The summed E-state index contributed by atoms with van der Waals surface area (Å²) in [6.07, 6.45) is 3.14. The van der Waals surface area contributed by atoms with E-state index in [4.69, 9.17) is 31.3 Å². The summed E-state index contributed by atoms with van der Waals surface area (Å²) in [4.78, 5) is 16.1. The fraction of sp³-hybridized carbons (Fsp3) is 0.308. The Hall–Kier alpha value is -3.45. The Bertz CT molecular complexity index is 1420. The molecule has 10 heteroatoms. The van der Waals surface area contributed by atoms with Gasteiger partial charge >= 0.3 is 0 Å². The molecule has 4 aromatic rings. The molecule has 2 bridgehead atoms. The average molecular weight is 519 g/mol. The minimum atomic E-state index is 0.00878. The molecule has 3 atom stereocenters. The second-order valence-corrected chi connectivity index (χ2v) is 10.4. The highest BCUT2D eigenvalue weighted by atomic mass is 35.5. The first kappa shape index (κ1) is 23.0. The molecule has 2 aromatic heterocycles. The van der Waals surface area contributed by atoms with E-state index in [1.165, 1.54) is 11.0 Å². The van der Waals surface area contributed by atoms with Gasteiger partial charge in [-0.25, -0.2) is 15.0 Å². The van der Waals surface area contributed by atoms with Crippen LogP contribution < -0.4 is 15.0 Å². The average Bonchev–Trinajstić information content (AvgIpc) is 3.31. The lowest BCUT2D eigenvalue weighted by atomic mass is 9.92. The van der Waals surface area contributed by atoms with Crippen LogP contribution in [0.5, 0.6) is 5.88 Å². The van der Waals surface area contributed by atoms with E-state index >= 15 is 0 Å². The van der Waals surface area contributed by atoms with E-state index in [2.05, 4.69) is 44.5 Å². The lowest BCUT2D eigenvalue weighted by Gasteiger charge is -2.48. The minimum Gasteiger partial charge on any atom is -0.474 e. The number of rotatable bonds is 5. The first-order chi connectivity index (χ1) is 17.6. The molecule has 8 nitrogen and oxygen atoms in total. The molecule has 1 N–H and O–H groups in total. The molecular weight excluding hydrogens is 496 g/mol. The minimum absolute atomic E-state index is 0.00878. The molecule has 0 spiro atoms. The van der Waals surface area contributed by atoms with Gasteiger partial charge < -0.3 is 19.7 Å². The lowest BCUT2D eigenvalue weighted by Crippen LogP contribution is -2.59. The van der Waals surface area contributed by atoms with Crippen LogP contribution in [0.2, 0.25) is 5.02 Å². The number of fused-ring (bicyclic) bond motifs is 3. The summed E-state index contributed by atoms with van der Waals surface area (Å²) in [5, 5.41) is 13.8. The first-order valence-electron chi connectivity index (χ1n) is 11.8. The van der Waals surface area contributed by atoms with Crippen molar-refractivity contribution in [2.75, 3.05) is 23.4 Å². The van der Waals surface area contributed by atoms with Crippen molar-refractivity contribution in [3.8, 4) is 11.9 Å². The summed E-state index contributed by atoms with van der Waals surface area (Å²) in [6.45, 7) is 3.23. The zero-order valence-electron chi connectivity index (χ0n) is 19.5. The van der Waals surface area contributed by atoms with E-state index in [0.29, 0.717) is 41.2 Å². The maximum absolute atomic E-state index is 9.07. The predicted octanol–water partition coefficient (Wildman–Crippen LogP) is 5.48. The Labute approximate surface area is 217 Å². The van der Waals surface area contributed by atoms with Crippen molar-refractivity contribution in [2.24, 2.45) is 0 Å². The van der Waals surface area contributed by atoms with Gasteiger partial charge in [-0.2, -0.15) is 5.26 Å². The number of morpholine rings is 1. The van der Waals surface area contributed by atoms with Crippen LogP contribution in [-0.2, 0) is 4.74 Å². The highest BCUT2D eigenvalue weighted by molar-refractivity contribution is 7.22. The molecule has 2 fully saturated rings. The molecule has 6 rings (SSSR count). The Morgan fingerprint density at radius 2 is 1.97 bits per heavy atom. The fourth-order valence-electron chi connectivity index (χ4n) is 4.89. The van der Waals surface area contributed by atoms with Crippen molar-refractivity contribution < 1.29 is 9.47 Å². The summed E-state index contributed by atoms with van der Waals surface area (Å²) in [5.74, 6) is 1.16. The van der Waals surface area contributed by atoms with Crippen LogP contribution in [0.1, 0.15) is 24.0 Å². The molecule has 2 saturated heterocycles. The van der Waals surface area contributed by atoms with Gasteiger partial charge in [-0.3, -0.25) is 0 Å². The van der Waals surface area contributed by atoms with Crippen LogP contribution in [0.15, 0.2) is 48.8 Å². The molecule has 36 heavy (non-hydrogen) atoms. The number of halogens is 1. The number of piperidine rings is 1. The number of nitrogens with zero attached hydrogens (tertiary/aromatic N) is 5. The zero-order valence-corrected chi connectivity index (χ0v) is 21.1. The molecule has 0 saturated carbocycles. The van der Waals surface area contributed by atoms with Gasteiger partial charge in [0.25, 0.3) is 0 Å². The SMILES string of the molecule is Cc1c(Nc2ccc(C#N)cc2Cl)ncnc1O[C@H]1C[C@H]2COC[C@@H](C1)N2c1nc2ccccc2s1. The smallest absolute Gasteiger partial charge is 0.221 e.